The highest BCUT2D eigenvalue weighted by molar-refractivity contribution is 5.96. The average Bonchev–Trinajstić information content (AvgIpc) is 2.40. The standard InChI is InChI=1S/C14H11N.C3H8/c1-10-11-6-2-4-8-13(11)15-14-9-5-3-7-12(10)14;1-3-2/h2-9H,1H3;3H2,1-2H3. The first-order valence-electron chi connectivity index (χ1n) is 6.52. The largest absolute Gasteiger partial charge is 0.248 e. The summed E-state index contributed by atoms with van der Waals surface area (Å²) in [6.07, 6.45) is 1.25. The molecule has 92 valence electrons. The molecule has 1 heterocycles. The molecule has 0 saturated carbocycles. The number of pyridine rings is 1. The summed E-state index contributed by atoms with van der Waals surface area (Å²) in [5.74, 6) is 0. The lowest BCUT2D eigenvalue weighted by Gasteiger charge is -2.05. The van der Waals surface area contributed by atoms with E-state index in [1.165, 1.54) is 22.8 Å². The lowest BCUT2D eigenvalue weighted by molar-refractivity contribution is 1.09. The van der Waals surface area contributed by atoms with Gasteiger partial charge in [0.05, 0.1) is 11.0 Å². The minimum Gasteiger partial charge on any atom is -0.248 e. The fourth-order valence-corrected chi connectivity index (χ4v) is 2.05. The smallest absolute Gasteiger partial charge is 0.0712 e. The first kappa shape index (κ1) is 12.6. The van der Waals surface area contributed by atoms with Crippen LogP contribution in [0.1, 0.15) is 25.8 Å². The van der Waals surface area contributed by atoms with Crippen molar-refractivity contribution in [1.29, 1.82) is 0 Å². The van der Waals surface area contributed by atoms with Crippen LogP contribution in [0.3, 0.4) is 0 Å². The molecular weight excluding hydrogens is 218 g/mol. The minimum atomic E-state index is 1.08. The molecule has 0 radical (unpaired) electrons. The Labute approximate surface area is 108 Å². The Bertz CT molecular complexity index is 602. The van der Waals surface area contributed by atoms with E-state index in [0.717, 1.165) is 11.0 Å². The number of para-hydroxylation sites is 2. The second kappa shape index (κ2) is 5.63. The summed E-state index contributed by atoms with van der Waals surface area (Å²) in [5.41, 5.74) is 3.47. The van der Waals surface area contributed by atoms with Crippen LogP contribution in [0, 0.1) is 6.92 Å². The molecule has 3 rings (SSSR count). The molecule has 0 aliphatic rings. The zero-order valence-electron chi connectivity index (χ0n) is 11.3. The molecule has 0 bridgehead atoms. The number of aryl methyl sites for hydroxylation is 1. The Morgan fingerprint density at radius 1 is 0.778 bits per heavy atom. The van der Waals surface area contributed by atoms with Gasteiger partial charge >= 0.3 is 0 Å². The van der Waals surface area contributed by atoms with Crippen molar-refractivity contribution < 1.29 is 0 Å². The van der Waals surface area contributed by atoms with Crippen LogP contribution in [0.5, 0.6) is 0 Å². The number of benzene rings is 2. The van der Waals surface area contributed by atoms with E-state index in [9.17, 15) is 0 Å². The lowest BCUT2D eigenvalue weighted by atomic mass is 10.0. The van der Waals surface area contributed by atoms with E-state index in [1.54, 1.807) is 0 Å². The SMILES string of the molecule is CCC.Cc1c2ccccc2nc2ccccc12. The van der Waals surface area contributed by atoms with Crippen LogP contribution in [0.2, 0.25) is 0 Å². The van der Waals surface area contributed by atoms with E-state index in [2.05, 4.69) is 62.2 Å². The highest BCUT2D eigenvalue weighted by atomic mass is 14.7. The molecule has 18 heavy (non-hydrogen) atoms. The van der Waals surface area contributed by atoms with Gasteiger partial charge in [-0.1, -0.05) is 56.7 Å². The summed E-state index contributed by atoms with van der Waals surface area (Å²) in [6, 6.07) is 16.6. The molecule has 1 heteroatoms. The minimum absolute atomic E-state index is 1.08. The Hall–Kier alpha value is -1.89. The van der Waals surface area contributed by atoms with Gasteiger partial charge in [0.2, 0.25) is 0 Å². The van der Waals surface area contributed by atoms with Gasteiger partial charge in [0.1, 0.15) is 0 Å². The lowest BCUT2D eigenvalue weighted by Crippen LogP contribution is -1.86. The molecule has 0 saturated heterocycles. The summed E-state index contributed by atoms with van der Waals surface area (Å²) in [6.45, 7) is 6.41. The molecule has 3 aromatic rings. The number of hydrogen-bond acceptors (Lipinski definition) is 1. The summed E-state index contributed by atoms with van der Waals surface area (Å²) in [5, 5.41) is 2.49. The monoisotopic (exact) mass is 237 g/mol. The quantitative estimate of drug-likeness (QED) is 0.495. The van der Waals surface area contributed by atoms with Gasteiger partial charge in [-0.15, -0.1) is 0 Å². The van der Waals surface area contributed by atoms with Crippen LogP contribution in [-0.2, 0) is 0 Å². The molecule has 0 unspecified atom stereocenters. The normalized spacial score (nSPS) is 10.2. The van der Waals surface area contributed by atoms with Crippen molar-refractivity contribution >= 4 is 21.8 Å². The van der Waals surface area contributed by atoms with Crippen molar-refractivity contribution in [2.45, 2.75) is 27.2 Å². The molecule has 0 aliphatic heterocycles. The summed E-state index contributed by atoms with van der Waals surface area (Å²) < 4.78 is 0. The number of nitrogens with zero attached hydrogens (tertiary/aromatic N) is 1. The molecule has 1 nitrogen and oxygen atoms in total. The van der Waals surface area contributed by atoms with Gasteiger partial charge in [-0.05, 0) is 24.6 Å². The van der Waals surface area contributed by atoms with Gasteiger partial charge < -0.3 is 0 Å². The molecule has 0 amide bonds. The van der Waals surface area contributed by atoms with Gasteiger partial charge in [0, 0.05) is 10.8 Å². The number of aromatic nitrogens is 1. The van der Waals surface area contributed by atoms with E-state index < -0.39 is 0 Å². The van der Waals surface area contributed by atoms with E-state index >= 15 is 0 Å². The third-order valence-corrected chi connectivity index (χ3v) is 2.86. The fourth-order valence-electron chi connectivity index (χ4n) is 2.05. The molecule has 0 fully saturated rings. The second-order valence-corrected chi connectivity index (χ2v) is 4.48. The van der Waals surface area contributed by atoms with Crippen molar-refractivity contribution in [3.8, 4) is 0 Å². The maximum Gasteiger partial charge on any atom is 0.0712 e. The zero-order valence-corrected chi connectivity index (χ0v) is 11.3. The average molecular weight is 237 g/mol. The molecular formula is C17H19N. The Kier molecular flexibility index (Phi) is 3.93. The van der Waals surface area contributed by atoms with Crippen LogP contribution >= 0.6 is 0 Å². The number of rotatable bonds is 0. The highest BCUT2D eigenvalue weighted by Crippen LogP contribution is 2.24. The second-order valence-electron chi connectivity index (χ2n) is 4.48. The maximum atomic E-state index is 4.64. The van der Waals surface area contributed by atoms with Gasteiger partial charge in [0.15, 0.2) is 0 Å². The molecule has 0 atom stereocenters. The number of fused-ring (bicyclic) bond motifs is 2. The van der Waals surface area contributed by atoms with E-state index in [4.69, 9.17) is 0 Å². The summed E-state index contributed by atoms with van der Waals surface area (Å²) in [7, 11) is 0. The van der Waals surface area contributed by atoms with Crippen LogP contribution in [0.15, 0.2) is 48.5 Å². The fraction of sp³-hybridized carbons (Fsp3) is 0.235. The molecule has 0 N–H and O–H groups in total. The molecule has 1 aromatic heterocycles. The van der Waals surface area contributed by atoms with Crippen molar-refractivity contribution in [3.05, 3.63) is 54.1 Å². The van der Waals surface area contributed by atoms with Crippen LogP contribution < -0.4 is 0 Å². The number of hydrogen-bond donors (Lipinski definition) is 0. The molecule has 0 aliphatic carbocycles. The summed E-state index contributed by atoms with van der Waals surface area (Å²) >= 11 is 0. The van der Waals surface area contributed by atoms with E-state index in [1.807, 2.05) is 12.1 Å². The Morgan fingerprint density at radius 3 is 1.61 bits per heavy atom. The predicted octanol–water partition coefficient (Wildman–Crippen LogP) is 5.11. The van der Waals surface area contributed by atoms with Gasteiger partial charge in [-0.2, -0.15) is 0 Å². The van der Waals surface area contributed by atoms with E-state index in [0.29, 0.717) is 0 Å². The topological polar surface area (TPSA) is 12.9 Å². The Balaban J connectivity index is 0.000000367. The highest BCUT2D eigenvalue weighted by Gasteiger charge is 2.03. The van der Waals surface area contributed by atoms with Crippen molar-refractivity contribution in [1.82, 2.24) is 4.98 Å². The van der Waals surface area contributed by atoms with Crippen molar-refractivity contribution in [2.24, 2.45) is 0 Å². The van der Waals surface area contributed by atoms with Crippen LogP contribution in [0.4, 0.5) is 0 Å². The Morgan fingerprint density at radius 2 is 1.17 bits per heavy atom. The third-order valence-electron chi connectivity index (χ3n) is 2.86. The van der Waals surface area contributed by atoms with Gasteiger partial charge in [0.25, 0.3) is 0 Å². The first-order chi connectivity index (χ1) is 8.77. The van der Waals surface area contributed by atoms with Gasteiger partial charge in [-0.3, -0.25) is 0 Å². The van der Waals surface area contributed by atoms with Gasteiger partial charge in [-0.25, -0.2) is 4.98 Å². The van der Waals surface area contributed by atoms with Crippen molar-refractivity contribution in [2.75, 3.05) is 0 Å². The molecule has 2 aromatic carbocycles. The molecule has 0 spiro atoms. The first-order valence-corrected chi connectivity index (χ1v) is 6.52. The maximum absolute atomic E-state index is 4.64. The van der Waals surface area contributed by atoms with E-state index in [-0.39, 0.29) is 0 Å². The van der Waals surface area contributed by atoms with Crippen LogP contribution in [-0.4, -0.2) is 4.98 Å². The summed E-state index contributed by atoms with van der Waals surface area (Å²) in [4.78, 5) is 4.64. The van der Waals surface area contributed by atoms with Crippen LogP contribution in [0.25, 0.3) is 21.8 Å². The third kappa shape index (κ3) is 2.35. The zero-order chi connectivity index (χ0) is 13.0. The van der Waals surface area contributed by atoms with Crippen molar-refractivity contribution in [3.63, 3.8) is 0 Å². The predicted molar refractivity (Wildman–Crippen MR) is 80.0 cm³/mol.